The number of hydrogen-bond donors (Lipinski definition) is 1. The van der Waals surface area contributed by atoms with E-state index in [2.05, 4.69) is 17.1 Å². The third-order valence-corrected chi connectivity index (χ3v) is 6.00. The smallest absolute Gasteiger partial charge is 0.417 e. The molecular weight excluding hydrogens is 342 g/mol. The van der Waals surface area contributed by atoms with Crippen LogP contribution in [0.15, 0.2) is 36.3 Å². The molecule has 0 aromatic rings. The topological polar surface area (TPSA) is 61.9 Å². The van der Waals surface area contributed by atoms with Crippen molar-refractivity contribution in [3.8, 4) is 0 Å². The quantitative estimate of drug-likeness (QED) is 0.801. The zero-order valence-electron chi connectivity index (χ0n) is 16.4. The molecule has 0 aromatic carbocycles. The Hall–Kier alpha value is -2.24. The summed E-state index contributed by atoms with van der Waals surface area (Å²) in [5.41, 5.74) is 1.13. The first kappa shape index (κ1) is 19.5. The number of carbonyl (C=O) groups is 2. The molecule has 3 aliphatic rings. The van der Waals surface area contributed by atoms with Gasteiger partial charge < -0.3 is 15.0 Å². The summed E-state index contributed by atoms with van der Waals surface area (Å²) < 4.78 is 5.02. The molecule has 6 nitrogen and oxygen atoms in total. The number of carbonyl (C=O) groups excluding carboxylic acids is 2. The van der Waals surface area contributed by atoms with Gasteiger partial charge in [-0.05, 0) is 63.7 Å². The van der Waals surface area contributed by atoms with Crippen LogP contribution in [-0.4, -0.2) is 47.0 Å². The molecule has 1 saturated carbocycles. The second-order valence-corrected chi connectivity index (χ2v) is 7.59. The van der Waals surface area contributed by atoms with Crippen LogP contribution in [0.2, 0.25) is 0 Å². The Labute approximate surface area is 161 Å². The van der Waals surface area contributed by atoms with E-state index in [1.165, 1.54) is 11.3 Å². The third-order valence-electron chi connectivity index (χ3n) is 6.00. The van der Waals surface area contributed by atoms with E-state index in [0.29, 0.717) is 6.61 Å². The lowest BCUT2D eigenvalue weighted by Gasteiger charge is -2.43. The number of hydrogen-bond acceptors (Lipinski definition) is 4. The molecule has 2 amide bonds. The maximum atomic E-state index is 12.7. The van der Waals surface area contributed by atoms with Crippen molar-refractivity contribution in [2.24, 2.45) is 5.92 Å². The molecule has 2 fully saturated rings. The highest BCUT2D eigenvalue weighted by atomic mass is 16.5. The molecule has 1 saturated heterocycles. The first-order valence-corrected chi connectivity index (χ1v) is 10.2. The molecule has 2 heterocycles. The van der Waals surface area contributed by atoms with Gasteiger partial charge in [-0.25, -0.2) is 4.79 Å². The molecular formula is C21H31N3O3. The van der Waals surface area contributed by atoms with E-state index in [1.807, 2.05) is 18.2 Å². The van der Waals surface area contributed by atoms with Crippen LogP contribution < -0.4 is 5.32 Å². The SMILES string of the molecule is CCOC(=O)N1C=CC=C(N2CCC(C(=O)NC3(CC)CCC3)CC2)C=C1. The Morgan fingerprint density at radius 2 is 1.96 bits per heavy atom. The van der Waals surface area contributed by atoms with Gasteiger partial charge in [-0.2, -0.15) is 0 Å². The lowest BCUT2D eigenvalue weighted by molar-refractivity contribution is -0.129. The van der Waals surface area contributed by atoms with Gasteiger partial charge in [-0.15, -0.1) is 0 Å². The molecule has 0 spiro atoms. The fourth-order valence-electron chi connectivity index (χ4n) is 3.96. The van der Waals surface area contributed by atoms with Crippen LogP contribution >= 0.6 is 0 Å². The zero-order chi connectivity index (χ0) is 19.3. The van der Waals surface area contributed by atoms with Crippen molar-refractivity contribution < 1.29 is 14.3 Å². The highest BCUT2D eigenvalue weighted by Gasteiger charge is 2.38. The number of allylic oxidation sites excluding steroid dienone is 3. The van der Waals surface area contributed by atoms with Gasteiger partial charge in [0.15, 0.2) is 0 Å². The fraction of sp³-hybridized carbons (Fsp3) is 0.619. The molecule has 0 bridgehead atoms. The number of likely N-dealkylation sites (tertiary alicyclic amines) is 1. The number of nitrogens with one attached hydrogen (secondary N) is 1. The molecule has 148 valence electrons. The lowest BCUT2D eigenvalue weighted by Crippen LogP contribution is -2.55. The van der Waals surface area contributed by atoms with Crippen molar-refractivity contribution in [3.05, 3.63) is 36.3 Å². The van der Waals surface area contributed by atoms with E-state index in [0.717, 1.165) is 50.9 Å². The van der Waals surface area contributed by atoms with Gasteiger partial charge in [0.2, 0.25) is 5.91 Å². The minimum absolute atomic E-state index is 0.0715. The summed E-state index contributed by atoms with van der Waals surface area (Å²) in [5.74, 6) is 0.335. The van der Waals surface area contributed by atoms with Crippen LogP contribution in [-0.2, 0) is 9.53 Å². The summed E-state index contributed by atoms with van der Waals surface area (Å²) in [7, 11) is 0. The second-order valence-electron chi connectivity index (χ2n) is 7.59. The van der Waals surface area contributed by atoms with Gasteiger partial charge in [-0.3, -0.25) is 9.69 Å². The zero-order valence-corrected chi connectivity index (χ0v) is 16.4. The number of nitrogens with zero attached hydrogens (tertiary/aromatic N) is 2. The van der Waals surface area contributed by atoms with Gasteiger partial charge in [0.05, 0.1) is 6.61 Å². The summed E-state index contributed by atoms with van der Waals surface area (Å²) in [6.45, 7) is 6.01. The summed E-state index contributed by atoms with van der Waals surface area (Å²) in [6.07, 6.45) is 15.0. The monoisotopic (exact) mass is 373 g/mol. The standard InChI is InChI=1S/C21H31N3O3/c1-3-21(11-6-12-21)22-19(25)17-8-14-23(15-9-17)18-7-5-13-24(16-10-18)20(26)27-4-2/h5,7,10,13,16-17H,3-4,6,8-9,11-12,14-15H2,1-2H3,(H,22,25). The highest BCUT2D eigenvalue weighted by molar-refractivity contribution is 5.79. The Balaban J connectivity index is 1.51. The van der Waals surface area contributed by atoms with E-state index in [4.69, 9.17) is 4.74 Å². The summed E-state index contributed by atoms with van der Waals surface area (Å²) in [4.78, 5) is 28.2. The van der Waals surface area contributed by atoms with Crippen molar-refractivity contribution in [2.45, 2.75) is 57.9 Å². The fourth-order valence-corrected chi connectivity index (χ4v) is 3.96. The Bertz CT molecular complexity index is 636. The van der Waals surface area contributed by atoms with Crippen molar-refractivity contribution >= 4 is 12.0 Å². The van der Waals surface area contributed by atoms with E-state index in [1.54, 1.807) is 19.3 Å². The maximum Gasteiger partial charge on any atom is 0.417 e. The molecule has 1 aliphatic carbocycles. The molecule has 3 rings (SSSR count). The van der Waals surface area contributed by atoms with Crippen LogP contribution in [0.5, 0.6) is 0 Å². The van der Waals surface area contributed by atoms with Gasteiger partial charge in [0.25, 0.3) is 0 Å². The molecule has 2 aliphatic heterocycles. The van der Waals surface area contributed by atoms with E-state index >= 15 is 0 Å². The molecule has 0 unspecified atom stereocenters. The average molecular weight is 373 g/mol. The molecule has 0 atom stereocenters. The Kier molecular flexibility index (Phi) is 6.24. The predicted molar refractivity (Wildman–Crippen MR) is 105 cm³/mol. The van der Waals surface area contributed by atoms with Crippen molar-refractivity contribution in [3.63, 3.8) is 0 Å². The lowest BCUT2D eigenvalue weighted by atomic mass is 9.74. The van der Waals surface area contributed by atoms with Crippen LogP contribution in [0.25, 0.3) is 0 Å². The minimum atomic E-state index is -0.379. The van der Waals surface area contributed by atoms with Gasteiger partial charge >= 0.3 is 6.09 Å². The predicted octanol–water partition coefficient (Wildman–Crippen LogP) is 3.53. The maximum absolute atomic E-state index is 12.7. The molecule has 1 N–H and O–H groups in total. The highest BCUT2D eigenvalue weighted by Crippen LogP contribution is 2.35. The largest absolute Gasteiger partial charge is 0.449 e. The average Bonchev–Trinajstić information content (AvgIpc) is 2.91. The molecule has 27 heavy (non-hydrogen) atoms. The van der Waals surface area contributed by atoms with Crippen LogP contribution in [0.4, 0.5) is 4.79 Å². The van der Waals surface area contributed by atoms with E-state index < -0.39 is 0 Å². The van der Waals surface area contributed by atoms with Crippen LogP contribution in [0, 0.1) is 5.92 Å². The van der Waals surface area contributed by atoms with E-state index in [-0.39, 0.29) is 23.5 Å². The molecule has 0 radical (unpaired) electrons. The van der Waals surface area contributed by atoms with Crippen molar-refractivity contribution in [2.75, 3.05) is 19.7 Å². The molecule has 6 heteroatoms. The summed E-state index contributed by atoms with van der Waals surface area (Å²) in [6, 6.07) is 0. The van der Waals surface area contributed by atoms with Gasteiger partial charge in [0, 0.05) is 42.6 Å². The first-order chi connectivity index (χ1) is 13.1. The summed E-state index contributed by atoms with van der Waals surface area (Å²) in [5, 5.41) is 3.33. The van der Waals surface area contributed by atoms with Gasteiger partial charge in [-0.1, -0.05) is 6.92 Å². The van der Waals surface area contributed by atoms with Crippen molar-refractivity contribution in [1.82, 2.24) is 15.1 Å². The second kappa shape index (κ2) is 8.63. The molecule has 0 aromatic heterocycles. The van der Waals surface area contributed by atoms with Crippen LogP contribution in [0.1, 0.15) is 52.4 Å². The summed E-state index contributed by atoms with van der Waals surface area (Å²) >= 11 is 0. The first-order valence-electron chi connectivity index (χ1n) is 10.2. The van der Waals surface area contributed by atoms with Crippen LogP contribution in [0.3, 0.4) is 0 Å². The van der Waals surface area contributed by atoms with E-state index in [9.17, 15) is 9.59 Å². The van der Waals surface area contributed by atoms with Crippen molar-refractivity contribution in [1.29, 1.82) is 0 Å². The normalized spacial score (nSPS) is 21.9. The number of piperidine rings is 1. The van der Waals surface area contributed by atoms with Gasteiger partial charge in [0.1, 0.15) is 0 Å². The number of ether oxygens (including phenoxy) is 1. The minimum Gasteiger partial charge on any atom is -0.449 e. The Morgan fingerprint density at radius 1 is 1.22 bits per heavy atom. The number of amides is 2. The third kappa shape index (κ3) is 4.54. The Morgan fingerprint density at radius 3 is 2.56 bits per heavy atom. The number of rotatable bonds is 5.